The molecule has 292 valence electrons. The van der Waals surface area contributed by atoms with Crippen LogP contribution >= 0.6 is 11.3 Å². The van der Waals surface area contributed by atoms with Gasteiger partial charge in [0.1, 0.15) is 41.3 Å². The van der Waals surface area contributed by atoms with Crippen LogP contribution in [-0.4, -0.2) is 86.1 Å². The van der Waals surface area contributed by atoms with Gasteiger partial charge in [0.25, 0.3) is 0 Å². The number of allylic oxidation sites excluding steroid dienone is 1. The van der Waals surface area contributed by atoms with E-state index in [9.17, 15) is 29.1 Å². The molecule has 55 heavy (non-hydrogen) atoms. The number of aryl methyl sites for hydroxylation is 1. The second kappa shape index (κ2) is 16.4. The predicted octanol–water partition coefficient (Wildman–Crippen LogP) is 5.88. The lowest BCUT2D eigenvalue weighted by atomic mass is 10.0. The number of carboxylic acid groups (broad SMARTS) is 1. The van der Waals surface area contributed by atoms with Gasteiger partial charge in [0.2, 0.25) is 17.7 Å². The number of ether oxygens (including phenoxy) is 2. The molecule has 2 aliphatic carbocycles. The summed E-state index contributed by atoms with van der Waals surface area (Å²) in [7, 11) is 0. The average molecular weight is 773 g/mol. The van der Waals surface area contributed by atoms with Crippen LogP contribution in [0.5, 0.6) is 5.75 Å². The first-order chi connectivity index (χ1) is 26.5. The summed E-state index contributed by atoms with van der Waals surface area (Å²) in [5.74, 6) is -2.19. The van der Waals surface area contributed by atoms with E-state index >= 15 is 0 Å². The number of rotatable bonds is 8. The number of aliphatic carboxylic acids is 1. The molecule has 0 unspecified atom stereocenters. The van der Waals surface area contributed by atoms with Crippen molar-refractivity contribution >= 4 is 57.2 Å². The van der Waals surface area contributed by atoms with Crippen LogP contribution in [0.1, 0.15) is 89.5 Å². The van der Waals surface area contributed by atoms with Crippen molar-refractivity contribution in [3.63, 3.8) is 0 Å². The molecule has 3 fully saturated rings. The minimum atomic E-state index is -1.46. The summed E-state index contributed by atoms with van der Waals surface area (Å²) in [6, 6.07) is 5.49. The molecule has 14 nitrogen and oxygen atoms in total. The van der Waals surface area contributed by atoms with Crippen LogP contribution in [0, 0.1) is 12.8 Å². The number of anilines is 1. The third-order valence-electron chi connectivity index (χ3n) is 11.1. The van der Waals surface area contributed by atoms with Gasteiger partial charge in [-0.15, -0.1) is 11.3 Å². The molecule has 2 aliphatic heterocycles. The zero-order chi connectivity index (χ0) is 38.7. The van der Waals surface area contributed by atoms with E-state index in [1.165, 1.54) is 16.2 Å². The van der Waals surface area contributed by atoms with Crippen molar-refractivity contribution in [2.24, 2.45) is 5.92 Å². The number of carboxylic acids is 1. The van der Waals surface area contributed by atoms with Gasteiger partial charge in [0.05, 0.1) is 17.8 Å². The number of alkyl carbamates (subject to hydrolysis) is 1. The van der Waals surface area contributed by atoms with Crippen molar-refractivity contribution in [1.29, 1.82) is 0 Å². The maximum Gasteiger partial charge on any atom is 0.408 e. The Balaban J connectivity index is 1.19. The number of carbonyl (C=O) groups excluding carboxylic acids is 4. The summed E-state index contributed by atoms with van der Waals surface area (Å²) in [4.78, 5) is 77.3. The number of thiazole rings is 1. The second-order valence-electron chi connectivity index (χ2n) is 15.0. The first-order valence-electron chi connectivity index (χ1n) is 19.4. The largest absolute Gasteiger partial charge is 0.488 e. The molecule has 15 heteroatoms. The molecular weight excluding hydrogens is 725 g/mol. The first kappa shape index (κ1) is 38.2. The van der Waals surface area contributed by atoms with Gasteiger partial charge in [-0.3, -0.25) is 14.4 Å². The van der Waals surface area contributed by atoms with E-state index in [2.05, 4.69) is 20.9 Å². The zero-order valence-corrected chi connectivity index (χ0v) is 32.0. The van der Waals surface area contributed by atoms with Gasteiger partial charge in [-0.05, 0) is 69.9 Å². The number of benzene rings is 1. The fourth-order valence-corrected chi connectivity index (χ4v) is 8.63. The molecule has 5 atom stereocenters. The molecule has 3 aromatic rings. The second-order valence-corrected chi connectivity index (χ2v) is 15.9. The zero-order valence-electron chi connectivity index (χ0n) is 31.2. The topological polar surface area (TPSA) is 189 Å². The molecule has 0 bridgehead atoms. The Kier molecular flexibility index (Phi) is 11.4. The Morgan fingerprint density at radius 3 is 2.64 bits per heavy atom. The van der Waals surface area contributed by atoms with Gasteiger partial charge < -0.3 is 35.4 Å². The van der Waals surface area contributed by atoms with E-state index in [1.54, 1.807) is 18.4 Å². The summed E-state index contributed by atoms with van der Waals surface area (Å²) < 4.78 is 12.4. The van der Waals surface area contributed by atoms with Crippen molar-refractivity contribution < 1.29 is 38.6 Å². The van der Waals surface area contributed by atoms with Crippen LogP contribution in [0.3, 0.4) is 0 Å². The van der Waals surface area contributed by atoms with Crippen molar-refractivity contribution in [2.75, 3.05) is 11.9 Å². The van der Waals surface area contributed by atoms with E-state index < -0.39 is 47.6 Å². The number of carbonyl (C=O) groups is 5. The highest BCUT2D eigenvalue weighted by Crippen LogP contribution is 2.45. The van der Waals surface area contributed by atoms with Crippen molar-refractivity contribution in [2.45, 2.75) is 121 Å². The Bertz CT molecular complexity index is 1990. The molecule has 4 heterocycles. The number of aromatic nitrogens is 2. The lowest BCUT2D eigenvalue weighted by molar-refractivity contribution is -0.145. The number of fused-ring (bicyclic) bond motifs is 3. The van der Waals surface area contributed by atoms with Crippen LogP contribution in [0.2, 0.25) is 0 Å². The minimum Gasteiger partial charge on any atom is -0.488 e. The Labute approximate surface area is 323 Å². The fourth-order valence-electron chi connectivity index (χ4n) is 7.91. The van der Waals surface area contributed by atoms with Crippen LogP contribution in [0.15, 0.2) is 41.8 Å². The Morgan fingerprint density at radius 2 is 1.85 bits per heavy atom. The molecule has 2 aromatic heterocycles. The maximum absolute atomic E-state index is 14.5. The third kappa shape index (κ3) is 8.46. The fraction of sp³-hybridized carbons (Fsp3) is 0.525. The van der Waals surface area contributed by atoms with Crippen LogP contribution in [-0.2, 0) is 23.9 Å². The summed E-state index contributed by atoms with van der Waals surface area (Å²) in [5, 5.41) is 21.7. The number of nitrogens with zero attached hydrogens (tertiary/aromatic N) is 3. The SMILES string of the molecule is CCC(=O)Nc1nc(-c2cc(O[C@@H]3C[C@H]4C(=O)N[C@]5(C(=O)O)C[C@@H]5/C=C\CCCCC[C@@H](NC(=O)OC5CCCC5)C(=O)N4C3)c3cccc(C)c3n2)cs1. The van der Waals surface area contributed by atoms with E-state index in [0.29, 0.717) is 47.0 Å². The molecule has 0 spiro atoms. The van der Waals surface area contributed by atoms with Crippen molar-refractivity contribution in [1.82, 2.24) is 25.5 Å². The summed E-state index contributed by atoms with van der Waals surface area (Å²) >= 11 is 1.29. The monoisotopic (exact) mass is 772 g/mol. The molecule has 2 saturated carbocycles. The number of hydrogen-bond donors (Lipinski definition) is 4. The average Bonchev–Trinajstić information content (AvgIpc) is 3.59. The first-order valence-corrected chi connectivity index (χ1v) is 20.2. The highest BCUT2D eigenvalue weighted by Gasteiger charge is 2.61. The van der Waals surface area contributed by atoms with Crippen LogP contribution < -0.4 is 20.7 Å². The number of nitrogens with one attached hydrogen (secondary N) is 3. The standard InChI is InChI=1S/C40H48N6O8S/c1-3-33(47)44-38-42-30(22-55-38)29-19-32(27-16-11-12-23(2)34(27)41-29)53-26-18-31-35(48)45-40(37(50)51)20-24(40)13-7-5-4-6-8-17-28(36(49)46(31)21-26)43-39(52)54-25-14-9-10-15-25/h7,11-13,16,19,22,24-26,28,31H,3-6,8-10,14-15,17-18,20-21H2,1-2H3,(H,43,52)(H,45,48)(H,50,51)(H,42,44,47)/b13-7-/t24-,26+,28+,31-,40+/m0/s1. The van der Waals surface area contributed by atoms with Crippen LogP contribution in [0.4, 0.5) is 9.93 Å². The number of pyridine rings is 1. The third-order valence-corrected chi connectivity index (χ3v) is 11.9. The number of amides is 4. The molecule has 4 amide bonds. The number of para-hydroxylation sites is 1. The van der Waals surface area contributed by atoms with Gasteiger partial charge in [-0.25, -0.2) is 19.6 Å². The predicted molar refractivity (Wildman–Crippen MR) is 206 cm³/mol. The normalized spacial score (nSPS) is 26.5. The molecule has 1 aromatic carbocycles. The molecule has 0 radical (unpaired) electrons. The van der Waals surface area contributed by atoms with Crippen molar-refractivity contribution in [3.8, 4) is 17.1 Å². The molecule has 4 N–H and O–H groups in total. The van der Waals surface area contributed by atoms with Gasteiger partial charge in [0.15, 0.2) is 5.13 Å². The van der Waals surface area contributed by atoms with Gasteiger partial charge >= 0.3 is 12.1 Å². The van der Waals surface area contributed by atoms with Gasteiger partial charge in [-0.2, -0.15) is 0 Å². The van der Waals surface area contributed by atoms with E-state index in [0.717, 1.165) is 55.9 Å². The lowest BCUT2D eigenvalue weighted by Crippen LogP contribution is -2.56. The summed E-state index contributed by atoms with van der Waals surface area (Å²) in [6.07, 6.45) is 9.90. The Morgan fingerprint density at radius 1 is 1.05 bits per heavy atom. The molecule has 1 saturated heterocycles. The molecule has 4 aliphatic rings. The maximum atomic E-state index is 14.5. The smallest absolute Gasteiger partial charge is 0.408 e. The molecule has 7 rings (SSSR count). The Hall–Kier alpha value is -5.05. The van der Waals surface area contributed by atoms with Gasteiger partial charge in [0, 0.05) is 35.6 Å². The number of hydrogen-bond acceptors (Lipinski definition) is 10. The lowest BCUT2D eigenvalue weighted by Gasteiger charge is -2.29. The quantitative estimate of drug-likeness (QED) is 0.201. The van der Waals surface area contributed by atoms with E-state index in [1.807, 2.05) is 37.3 Å². The highest BCUT2D eigenvalue weighted by molar-refractivity contribution is 7.14. The summed E-state index contributed by atoms with van der Waals surface area (Å²) in [5.41, 5.74) is 1.20. The molecular formula is C40H48N6O8S. The van der Waals surface area contributed by atoms with Crippen molar-refractivity contribution in [3.05, 3.63) is 47.4 Å². The minimum absolute atomic E-state index is 0.0189. The van der Waals surface area contributed by atoms with Crippen LogP contribution in [0.25, 0.3) is 22.3 Å². The van der Waals surface area contributed by atoms with E-state index in [4.69, 9.17) is 14.5 Å². The van der Waals surface area contributed by atoms with Gasteiger partial charge in [-0.1, -0.05) is 44.1 Å². The summed E-state index contributed by atoms with van der Waals surface area (Å²) in [6.45, 7) is 3.72. The highest BCUT2D eigenvalue weighted by atomic mass is 32.1. The van der Waals surface area contributed by atoms with E-state index in [-0.39, 0.29) is 37.3 Å².